The quantitative estimate of drug-likeness (QED) is 0.793. The molecule has 1 saturated carbocycles. The van der Waals surface area contributed by atoms with Crippen LogP contribution in [0.4, 0.5) is 5.69 Å². The Bertz CT molecular complexity index is 884. The third kappa shape index (κ3) is 2.37. The molecule has 25 heavy (non-hydrogen) atoms. The number of rotatable bonds is 3. The molecule has 0 radical (unpaired) electrons. The first kappa shape index (κ1) is 15.3. The van der Waals surface area contributed by atoms with Crippen molar-refractivity contribution in [2.24, 2.45) is 5.92 Å². The van der Waals surface area contributed by atoms with Gasteiger partial charge in [0.2, 0.25) is 0 Å². The number of aryl methyl sites for hydroxylation is 1. The van der Waals surface area contributed by atoms with Crippen LogP contribution in [0.25, 0.3) is 0 Å². The van der Waals surface area contributed by atoms with Crippen molar-refractivity contribution >= 4 is 28.7 Å². The summed E-state index contributed by atoms with van der Waals surface area (Å²) < 4.78 is 0. The van der Waals surface area contributed by atoms with Crippen molar-refractivity contribution in [3.8, 4) is 0 Å². The van der Waals surface area contributed by atoms with Crippen LogP contribution < -0.4 is 4.90 Å². The highest BCUT2D eigenvalue weighted by Crippen LogP contribution is 2.48. The van der Waals surface area contributed by atoms with Crippen molar-refractivity contribution in [3.05, 3.63) is 51.2 Å². The average molecular weight is 352 g/mol. The van der Waals surface area contributed by atoms with Crippen LogP contribution in [0.15, 0.2) is 29.6 Å². The van der Waals surface area contributed by atoms with Gasteiger partial charge in [-0.2, -0.15) is 0 Å². The number of carbonyl (C=O) groups is 2. The number of carbonyl (C=O) groups excluding carboxylic acids is 2. The number of hydrogen-bond acceptors (Lipinski definition) is 4. The summed E-state index contributed by atoms with van der Waals surface area (Å²) in [5.41, 5.74) is 3.78. The van der Waals surface area contributed by atoms with E-state index < -0.39 is 0 Å². The van der Waals surface area contributed by atoms with E-state index in [1.165, 1.54) is 23.3 Å². The second-order valence-electron chi connectivity index (χ2n) is 7.37. The van der Waals surface area contributed by atoms with E-state index in [1.54, 1.807) is 4.90 Å². The molecule has 1 aliphatic carbocycles. The molecular formula is C20H20N2O2S. The van der Waals surface area contributed by atoms with Crippen LogP contribution in [0.2, 0.25) is 0 Å². The maximum Gasteiger partial charge on any atom is 0.300 e. The summed E-state index contributed by atoms with van der Waals surface area (Å²) in [5.74, 6) is -0.0549. The molecular weight excluding hydrogens is 332 g/mol. The molecule has 1 amide bonds. The molecule has 3 aliphatic rings. The Balaban J connectivity index is 1.48. The molecule has 5 rings (SSSR count). The first-order valence-corrected chi connectivity index (χ1v) is 9.78. The third-order valence-electron chi connectivity index (χ3n) is 5.64. The lowest BCUT2D eigenvalue weighted by Gasteiger charge is -2.38. The van der Waals surface area contributed by atoms with E-state index in [-0.39, 0.29) is 11.7 Å². The molecule has 0 N–H and O–H groups in total. The monoisotopic (exact) mass is 352 g/mol. The van der Waals surface area contributed by atoms with E-state index in [2.05, 4.69) is 16.3 Å². The Labute approximate surface area is 151 Å². The molecule has 1 atom stereocenters. The largest absolute Gasteiger partial charge is 0.300 e. The van der Waals surface area contributed by atoms with Crippen LogP contribution in [-0.4, -0.2) is 29.8 Å². The second kappa shape index (κ2) is 5.51. The van der Waals surface area contributed by atoms with Gasteiger partial charge in [0.1, 0.15) is 0 Å². The van der Waals surface area contributed by atoms with E-state index in [0.717, 1.165) is 24.2 Å². The van der Waals surface area contributed by atoms with Crippen molar-refractivity contribution in [3.63, 3.8) is 0 Å². The summed E-state index contributed by atoms with van der Waals surface area (Å²) in [6, 6.07) is 8.38. The molecule has 2 aliphatic heterocycles. The van der Waals surface area contributed by atoms with Crippen LogP contribution in [0.3, 0.4) is 0 Å². The van der Waals surface area contributed by atoms with Gasteiger partial charge in [0.15, 0.2) is 0 Å². The molecule has 3 heterocycles. The van der Waals surface area contributed by atoms with Crippen LogP contribution in [0, 0.1) is 12.8 Å². The van der Waals surface area contributed by atoms with E-state index in [1.807, 2.05) is 36.5 Å². The van der Waals surface area contributed by atoms with Gasteiger partial charge in [-0.15, -0.1) is 11.3 Å². The molecule has 5 heteroatoms. The summed E-state index contributed by atoms with van der Waals surface area (Å²) in [7, 11) is 0. The van der Waals surface area contributed by atoms with Crippen molar-refractivity contribution in [1.82, 2.24) is 4.90 Å². The number of benzene rings is 1. The van der Waals surface area contributed by atoms with Gasteiger partial charge >= 0.3 is 5.91 Å². The fraction of sp³-hybridized carbons (Fsp3) is 0.400. The van der Waals surface area contributed by atoms with Crippen LogP contribution in [0.1, 0.15) is 45.2 Å². The fourth-order valence-electron chi connectivity index (χ4n) is 4.26. The van der Waals surface area contributed by atoms with Gasteiger partial charge in [-0.05, 0) is 61.2 Å². The van der Waals surface area contributed by atoms with Gasteiger partial charge in [-0.25, -0.2) is 0 Å². The minimum atomic E-state index is -0.383. The minimum Gasteiger partial charge on any atom is -0.291 e. The van der Waals surface area contributed by atoms with Crippen molar-refractivity contribution in [2.75, 3.05) is 18.1 Å². The molecule has 0 saturated heterocycles. The van der Waals surface area contributed by atoms with E-state index in [4.69, 9.17) is 0 Å². The normalized spacial score (nSPS) is 23.1. The van der Waals surface area contributed by atoms with Crippen molar-refractivity contribution < 1.29 is 9.59 Å². The summed E-state index contributed by atoms with van der Waals surface area (Å²) in [6.07, 6.45) is 3.56. The second-order valence-corrected chi connectivity index (χ2v) is 8.37. The zero-order chi connectivity index (χ0) is 17.1. The standard InChI is InChI=1S/C20H20N2O2S/c1-12-2-5-16-15(10-12)19(23)20(24)22(16)11-21-8-6-17-14(7-9-25-17)18(21)13-3-4-13/h2,5,7,9-10,13,18H,3-4,6,8,11H2,1H3/t18-/m1/s1. The molecule has 4 nitrogen and oxygen atoms in total. The van der Waals surface area contributed by atoms with Gasteiger partial charge in [0.25, 0.3) is 5.78 Å². The van der Waals surface area contributed by atoms with Gasteiger partial charge in [0.05, 0.1) is 17.9 Å². The van der Waals surface area contributed by atoms with Gasteiger partial charge in [0, 0.05) is 17.5 Å². The maximum absolute atomic E-state index is 12.6. The number of thiophene rings is 1. The van der Waals surface area contributed by atoms with Crippen LogP contribution in [-0.2, 0) is 11.2 Å². The number of nitrogens with zero attached hydrogens (tertiary/aromatic N) is 2. The molecule has 2 aromatic rings. The zero-order valence-electron chi connectivity index (χ0n) is 14.2. The maximum atomic E-state index is 12.6. The Morgan fingerprint density at radius 1 is 1.20 bits per heavy atom. The Hall–Kier alpha value is -1.98. The van der Waals surface area contributed by atoms with Gasteiger partial charge < -0.3 is 0 Å². The Kier molecular flexibility index (Phi) is 3.37. The summed E-state index contributed by atoms with van der Waals surface area (Å²) in [6.45, 7) is 3.41. The molecule has 0 spiro atoms. The highest BCUT2D eigenvalue weighted by molar-refractivity contribution is 7.10. The Morgan fingerprint density at radius 3 is 2.84 bits per heavy atom. The predicted molar refractivity (Wildman–Crippen MR) is 98.1 cm³/mol. The van der Waals surface area contributed by atoms with Gasteiger partial charge in [-0.3, -0.25) is 19.4 Å². The number of amides is 1. The fourth-order valence-corrected chi connectivity index (χ4v) is 5.17. The summed E-state index contributed by atoms with van der Waals surface area (Å²) in [5, 5.41) is 2.19. The molecule has 1 aromatic carbocycles. The lowest BCUT2D eigenvalue weighted by atomic mass is 9.96. The number of fused-ring (bicyclic) bond motifs is 2. The van der Waals surface area contributed by atoms with Crippen molar-refractivity contribution in [2.45, 2.75) is 32.2 Å². The van der Waals surface area contributed by atoms with Crippen LogP contribution in [0.5, 0.6) is 0 Å². The minimum absolute atomic E-state index is 0.366. The zero-order valence-corrected chi connectivity index (χ0v) is 15.0. The highest BCUT2D eigenvalue weighted by Gasteiger charge is 2.43. The average Bonchev–Trinajstić information content (AvgIpc) is 3.29. The first-order chi connectivity index (χ1) is 12.1. The first-order valence-electron chi connectivity index (χ1n) is 8.90. The molecule has 128 valence electrons. The van der Waals surface area contributed by atoms with E-state index in [0.29, 0.717) is 24.2 Å². The summed E-state index contributed by atoms with van der Waals surface area (Å²) >= 11 is 1.85. The number of hydrogen-bond donors (Lipinski definition) is 0. The van der Waals surface area contributed by atoms with Crippen LogP contribution >= 0.6 is 11.3 Å². The van der Waals surface area contributed by atoms with E-state index in [9.17, 15) is 9.59 Å². The smallest absolute Gasteiger partial charge is 0.291 e. The topological polar surface area (TPSA) is 40.6 Å². The van der Waals surface area contributed by atoms with Crippen molar-refractivity contribution in [1.29, 1.82) is 0 Å². The lowest BCUT2D eigenvalue weighted by Crippen LogP contribution is -2.45. The molecule has 0 bridgehead atoms. The van der Waals surface area contributed by atoms with Gasteiger partial charge in [-0.1, -0.05) is 11.6 Å². The molecule has 1 aromatic heterocycles. The van der Waals surface area contributed by atoms with E-state index >= 15 is 0 Å². The predicted octanol–water partition coefficient (Wildman–Crippen LogP) is 3.55. The third-order valence-corrected chi connectivity index (χ3v) is 6.63. The molecule has 1 fully saturated rings. The lowest BCUT2D eigenvalue weighted by molar-refractivity contribution is -0.114. The highest BCUT2D eigenvalue weighted by atomic mass is 32.1. The molecule has 0 unspecified atom stereocenters. The number of Topliss-reactive ketones (excluding diaryl/α,β-unsaturated/α-hetero) is 1. The number of ketones is 1. The summed E-state index contributed by atoms with van der Waals surface area (Å²) in [4.78, 5) is 30.6. The SMILES string of the molecule is Cc1ccc2c(c1)C(=O)C(=O)N2CN1CCc2sccc2[C@H]1C1CC1. The number of anilines is 1. The Morgan fingerprint density at radius 2 is 2.04 bits per heavy atom.